The third kappa shape index (κ3) is 4.03. The highest BCUT2D eigenvalue weighted by Crippen LogP contribution is 2.27. The molecule has 0 bridgehead atoms. The van der Waals surface area contributed by atoms with Crippen molar-refractivity contribution in [3.63, 3.8) is 0 Å². The predicted octanol–water partition coefficient (Wildman–Crippen LogP) is 3.44. The van der Waals surface area contributed by atoms with E-state index in [9.17, 15) is 8.78 Å². The molecule has 0 N–H and O–H groups in total. The number of pyridine rings is 1. The Hall–Kier alpha value is -2.72. The molecule has 2 aromatic rings. The third-order valence-electron chi connectivity index (χ3n) is 4.06. The van der Waals surface area contributed by atoms with Crippen LogP contribution >= 0.6 is 0 Å². The quantitative estimate of drug-likeness (QED) is 0.850. The number of benzene rings is 1. The minimum atomic E-state index is -2.84. The van der Waals surface area contributed by atoms with E-state index in [0.29, 0.717) is 25.4 Å². The van der Waals surface area contributed by atoms with Gasteiger partial charge < -0.3 is 14.4 Å². The van der Waals surface area contributed by atoms with E-state index < -0.39 is 6.61 Å². The molecule has 5 nitrogen and oxygen atoms in total. The number of aryl methyl sites for hydroxylation is 1. The Bertz CT molecular complexity index is 775. The summed E-state index contributed by atoms with van der Waals surface area (Å²) in [5.74, 6) is 0.846. The number of hydrogen-bond acceptors (Lipinski definition) is 5. The highest BCUT2D eigenvalue weighted by molar-refractivity contribution is 5.45. The number of hydrogen-bond donors (Lipinski definition) is 0. The number of nitriles is 1. The van der Waals surface area contributed by atoms with Crippen LogP contribution in [0.2, 0.25) is 0 Å². The first-order valence-corrected chi connectivity index (χ1v) is 7.86. The van der Waals surface area contributed by atoms with Crippen molar-refractivity contribution in [2.75, 3.05) is 24.6 Å². The topological polar surface area (TPSA) is 58.4 Å². The largest absolute Gasteiger partial charge is 0.435 e. The lowest BCUT2D eigenvalue weighted by molar-refractivity contribution is -0.0498. The van der Waals surface area contributed by atoms with Crippen LogP contribution in [-0.4, -0.2) is 31.3 Å². The van der Waals surface area contributed by atoms with Gasteiger partial charge >= 0.3 is 6.61 Å². The number of anilines is 1. The van der Waals surface area contributed by atoms with Crippen molar-refractivity contribution < 1.29 is 18.3 Å². The maximum atomic E-state index is 12.2. The molecule has 1 saturated heterocycles. The van der Waals surface area contributed by atoms with Crippen molar-refractivity contribution in [3.8, 4) is 11.8 Å². The lowest BCUT2D eigenvalue weighted by Crippen LogP contribution is -2.39. The van der Waals surface area contributed by atoms with Crippen LogP contribution in [0, 0.1) is 18.3 Å². The van der Waals surface area contributed by atoms with E-state index in [1.54, 1.807) is 12.1 Å². The van der Waals surface area contributed by atoms with Gasteiger partial charge in [-0.05, 0) is 36.2 Å². The summed E-state index contributed by atoms with van der Waals surface area (Å²) in [4.78, 5) is 6.45. The first-order chi connectivity index (χ1) is 12.1. The summed E-state index contributed by atoms with van der Waals surface area (Å²) < 4.78 is 34.6. The van der Waals surface area contributed by atoms with Crippen molar-refractivity contribution in [3.05, 3.63) is 53.2 Å². The fourth-order valence-corrected chi connectivity index (χ4v) is 2.73. The van der Waals surface area contributed by atoms with E-state index in [1.165, 1.54) is 12.1 Å². The van der Waals surface area contributed by atoms with Crippen molar-refractivity contribution in [1.29, 1.82) is 5.26 Å². The Morgan fingerprint density at radius 3 is 2.72 bits per heavy atom. The Morgan fingerprint density at radius 1 is 1.28 bits per heavy atom. The van der Waals surface area contributed by atoms with Gasteiger partial charge in [-0.1, -0.05) is 18.2 Å². The van der Waals surface area contributed by atoms with Gasteiger partial charge in [-0.2, -0.15) is 14.0 Å². The summed E-state index contributed by atoms with van der Waals surface area (Å²) in [6.07, 6.45) is -0.206. The second-order valence-corrected chi connectivity index (χ2v) is 5.70. The molecular formula is C18H17F2N3O2. The molecule has 3 rings (SSSR count). The highest BCUT2D eigenvalue weighted by Gasteiger charge is 2.23. The minimum Gasteiger partial charge on any atom is -0.435 e. The Kier molecular flexibility index (Phi) is 5.10. The number of rotatable bonds is 4. The molecule has 1 atom stereocenters. The molecule has 130 valence electrons. The molecule has 25 heavy (non-hydrogen) atoms. The fraction of sp³-hybridized carbons (Fsp3) is 0.333. The van der Waals surface area contributed by atoms with Gasteiger partial charge in [0.05, 0.1) is 6.61 Å². The van der Waals surface area contributed by atoms with E-state index in [-0.39, 0.29) is 11.9 Å². The van der Waals surface area contributed by atoms with Crippen molar-refractivity contribution >= 4 is 5.82 Å². The SMILES string of the molecule is Cc1ccc(N2CCO[C@@H](c3ccc(OC(F)F)cc3)C2)nc1C#N. The van der Waals surface area contributed by atoms with Crippen molar-refractivity contribution in [2.45, 2.75) is 19.6 Å². The van der Waals surface area contributed by atoms with Crippen LogP contribution in [0.15, 0.2) is 36.4 Å². The van der Waals surface area contributed by atoms with Gasteiger partial charge in [0, 0.05) is 13.1 Å². The Balaban J connectivity index is 1.74. The van der Waals surface area contributed by atoms with Crippen LogP contribution in [0.1, 0.15) is 22.9 Å². The van der Waals surface area contributed by atoms with Crippen LogP contribution in [0.5, 0.6) is 5.75 Å². The van der Waals surface area contributed by atoms with E-state index in [4.69, 9.17) is 10.00 Å². The van der Waals surface area contributed by atoms with Gasteiger partial charge in [0.2, 0.25) is 0 Å². The molecule has 0 aliphatic carbocycles. The lowest BCUT2D eigenvalue weighted by atomic mass is 10.1. The zero-order chi connectivity index (χ0) is 17.8. The third-order valence-corrected chi connectivity index (χ3v) is 4.06. The maximum Gasteiger partial charge on any atom is 0.387 e. The second kappa shape index (κ2) is 7.45. The van der Waals surface area contributed by atoms with Gasteiger partial charge in [0.15, 0.2) is 0 Å². The summed E-state index contributed by atoms with van der Waals surface area (Å²) in [6.45, 7) is 0.756. The Labute approximate surface area is 144 Å². The van der Waals surface area contributed by atoms with Gasteiger partial charge in [0.25, 0.3) is 0 Å². The summed E-state index contributed by atoms with van der Waals surface area (Å²) in [5.41, 5.74) is 2.12. The number of ether oxygens (including phenoxy) is 2. The Morgan fingerprint density at radius 2 is 2.04 bits per heavy atom. The van der Waals surface area contributed by atoms with Crippen LogP contribution in [0.25, 0.3) is 0 Å². The van der Waals surface area contributed by atoms with Gasteiger partial charge in [-0.15, -0.1) is 0 Å². The van der Waals surface area contributed by atoms with Crippen LogP contribution < -0.4 is 9.64 Å². The van der Waals surface area contributed by atoms with Crippen LogP contribution in [-0.2, 0) is 4.74 Å². The molecular weight excluding hydrogens is 328 g/mol. The molecule has 0 amide bonds. The van der Waals surface area contributed by atoms with Crippen molar-refractivity contribution in [1.82, 2.24) is 4.98 Å². The summed E-state index contributed by atoms with van der Waals surface area (Å²) >= 11 is 0. The molecule has 0 unspecified atom stereocenters. The zero-order valence-corrected chi connectivity index (χ0v) is 13.7. The second-order valence-electron chi connectivity index (χ2n) is 5.70. The minimum absolute atomic E-state index is 0.116. The smallest absolute Gasteiger partial charge is 0.387 e. The van der Waals surface area contributed by atoms with Gasteiger partial charge in [0.1, 0.15) is 29.4 Å². The number of halogens is 2. The monoisotopic (exact) mass is 345 g/mol. The first-order valence-electron chi connectivity index (χ1n) is 7.86. The standard InChI is InChI=1S/C18H17F2N3O2/c1-12-2-7-17(22-15(12)10-21)23-8-9-24-16(11-23)13-3-5-14(6-4-13)25-18(19)20/h2-7,16,18H,8-9,11H2,1H3/t16-/m1/s1. The van der Waals surface area contributed by atoms with E-state index in [2.05, 4.69) is 20.7 Å². The average Bonchev–Trinajstić information content (AvgIpc) is 2.62. The molecule has 1 aliphatic heterocycles. The lowest BCUT2D eigenvalue weighted by Gasteiger charge is -2.34. The fourth-order valence-electron chi connectivity index (χ4n) is 2.73. The summed E-state index contributed by atoms with van der Waals surface area (Å²) in [7, 11) is 0. The number of nitrogens with zero attached hydrogens (tertiary/aromatic N) is 3. The molecule has 2 heterocycles. The first kappa shape index (κ1) is 17.1. The van der Waals surface area contributed by atoms with E-state index >= 15 is 0 Å². The molecule has 1 aromatic heterocycles. The summed E-state index contributed by atoms with van der Waals surface area (Å²) in [6, 6.07) is 12.3. The highest BCUT2D eigenvalue weighted by atomic mass is 19.3. The number of morpholine rings is 1. The number of alkyl halides is 2. The molecule has 1 fully saturated rings. The summed E-state index contributed by atoms with van der Waals surface area (Å²) in [5, 5.41) is 9.14. The molecule has 7 heteroatoms. The predicted molar refractivity (Wildman–Crippen MR) is 87.7 cm³/mol. The number of aromatic nitrogens is 1. The van der Waals surface area contributed by atoms with Gasteiger partial charge in [-0.25, -0.2) is 4.98 Å². The molecule has 1 aliphatic rings. The van der Waals surface area contributed by atoms with Crippen LogP contribution in [0.4, 0.5) is 14.6 Å². The van der Waals surface area contributed by atoms with Crippen LogP contribution in [0.3, 0.4) is 0 Å². The van der Waals surface area contributed by atoms with E-state index in [1.807, 2.05) is 19.1 Å². The maximum absolute atomic E-state index is 12.2. The molecule has 1 aromatic carbocycles. The van der Waals surface area contributed by atoms with Gasteiger partial charge in [-0.3, -0.25) is 0 Å². The van der Waals surface area contributed by atoms with Crippen molar-refractivity contribution in [2.24, 2.45) is 0 Å². The average molecular weight is 345 g/mol. The molecule has 0 spiro atoms. The molecule has 0 radical (unpaired) electrons. The molecule has 0 saturated carbocycles. The normalized spacial score (nSPS) is 17.4. The zero-order valence-electron chi connectivity index (χ0n) is 13.7. The van der Waals surface area contributed by atoms with E-state index in [0.717, 1.165) is 16.9 Å².